The van der Waals surface area contributed by atoms with Crippen molar-refractivity contribution in [1.29, 1.82) is 0 Å². The largest absolute Gasteiger partial charge is 0.486 e. The summed E-state index contributed by atoms with van der Waals surface area (Å²) in [5, 5.41) is 0. The van der Waals surface area contributed by atoms with Crippen LogP contribution in [-0.4, -0.2) is 62.2 Å². The number of piperidine rings is 1. The Kier molecular flexibility index (Phi) is 6.55. The van der Waals surface area contributed by atoms with Gasteiger partial charge in [-0.15, -0.1) is 0 Å². The van der Waals surface area contributed by atoms with E-state index in [9.17, 15) is 18.0 Å². The third kappa shape index (κ3) is 4.67. The fraction of sp³-hybridized carbons (Fsp3) is 0.462. The number of benzene rings is 2. The van der Waals surface area contributed by atoms with Crippen molar-refractivity contribution < 1.29 is 27.5 Å². The molecule has 0 bridgehead atoms. The first-order valence-corrected chi connectivity index (χ1v) is 13.6. The maximum absolute atomic E-state index is 13.5. The van der Waals surface area contributed by atoms with Gasteiger partial charge in [0.15, 0.2) is 17.3 Å². The summed E-state index contributed by atoms with van der Waals surface area (Å²) in [6, 6.07) is 11.9. The van der Waals surface area contributed by atoms with Crippen molar-refractivity contribution in [3.63, 3.8) is 0 Å². The minimum Gasteiger partial charge on any atom is -0.486 e. The lowest BCUT2D eigenvalue weighted by Crippen LogP contribution is -2.44. The molecular formula is C26H30N2O6S. The van der Waals surface area contributed by atoms with Gasteiger partial charge in [-0.3, -0.25) is 9.59 Å². The number of amides is 1. The Morgan fingerprint density at radius 2 is 1.57 bits per heavy atom. The summed E-state index contributed by atoms with van der Waals surface area (Å²) >= 11 is 0. The molecule has 0 saturated carbocycles. The van der Waals surface area contributed by atoms with E-state index in [4.69, 9.17) is 9.47 Å². The van der Waals surface area contributed by atoms with Crippen LogP contribution in [0.4, 0.5) is 0 Å². The molecule has 0 spiro atoms. The van der Waals surface area contributed by atoms with Crippen molar-refractivity contribution in [2.45, 2.75) is 43.5 Å². The van der Waals surface area contributed by atoms with Gasteiger partial charge in [0.2, 0.25) is 15.9 Å². The molecular weight excluding hydrogens is 468 g/mol. The molecule has 2 aromatic rings. The zero-order valence-corrected chi connectivity index (χ0v) is 20.6. The molecule has 1 amide bonds. The Labute approximate surface area is 205 Å². The molecule has 1 unspecified atom stereocenters. The smallest absolute Gasteiger partial charge is 0.243 e. The summed E-state index contributed by atoms with van der Waals surface area (Å²) in [7, 11) is -3.66. The van der Waals surface area contributed by atoms with Crippen LogP contribution in [0, 0.1) is 5.92 Å². The average Bonchev–Trinajstić information content (AvgIpc) is 3.38. The van der Waals surface area contributed by atoms with Crippen LogP contribution in [0.2, 0.25) is 0 Å². The highest BCUT2D eigenvalue weighted by Crippen LogP contribution is 2.39. The van der Waals surface area contributed by atoms with E-state index >= 15 is 0 Å². The molecule has 0 N–H and O–H groups in total. The van der Waals surface area contributed by atoms with Crippen LogP contribution in [0.15, 0.2) is 47.4 Å². The van der Waals surface area contributed by atoms with Crippen LogP contribution < -0.4 is 9.47 Å². The van der Waals surface area contributed by atoms with Gasteiger partial charge in [-0.25, -0.2) is 8.42 Å². The van der Waals surface area contributed by atoms with Crippen LogP contribution in [0.1, 0.15) is 54.6 Å². The van der Waals surface area contributed by atoms with E-state index in [-0.39, 0.29) is 28.5 Å². The minimum absolute atomic E-state index is 0.000112. The summed E-state index contributed by atoms with van der Waals surface area (Å²) in [5.41, 5.74) is 1.53. The van der Waals surface area contributed by atoms with E-state index in [1.165, 1.54) is 35.5 Å². The number of ether oxygens (including phenoxy) is 2. The number of fused-ring (bicyclic) bond motifs is 1. The molecule has 2 aromatic carbocycles. The van der Waals surface area contributed by atoms with Gasteiger partial charge >= 0.3 is 0 Å². The van der Waals surface area contributed by atoms with Gasteiger partial charge in [-0.05, 0) is 62.4 Å². The van der Waals surface area contributed by atoms with Gasteiger partial charge < -0.3 is 14.4 Å². The fourth-order valence-corrected chi connectivity index (χ4v) is 6.70. The van der Waals surface area contributed by atoms with E-state index in [0.717, 1.165) is 29.9 Å². The number of ketones is 1. The zero-order valence-electron chi connectivity index (χ0n) is 19.8. The molecule has 1 atom stereocenters. The maximum Gasteiger partial charge on any atom is 0.243 e. The number of sulfonamides is 1. The first kappa shape index (κ1) is 23.8. The fourth-order valence-electron chi connectivity index (χ4n) is 5.23. The molecule has 35 heavy (non-hydrogen) atoms. The van der Waals surface area contributed by atoms with Crippen LogP contribution in [0.25, 0.3) is 0 Å². The first-order chi connectivity index (χ1) is 16.8. The van der Waals surface area contributed by atoms with Gasteiger partial charge in [0, 0.05) is 31.1 Å². The number of hydrogen-bond donors (Lipinski definition) is 0. The topological polar surface area (TPSA) is 93.2 Å². The summed E-state index contributed by atoms with van der Waals surface area (Å²) in [6.45, 7) is 3.82. The second-order valence-corrected chi connectivity index (χ2v) is 11.3. The van der Waals surface area contributed by atoms with Gasteiger partial charge in [0.1, 0.15) is 13.2 Å². The number of hydrogen-bond acceptors (Lipinski definition) is 6. The monoisotopic (exact) mass is 498 g/mol. The Morgan fingerprint density at radius 1 is 0.886 bits per heavy atom. The summed E-state index contributed by atoms with van der Waals surface area (Å²) < 4.78 is 39.0. The molecule has 3 aliphatic rings. The summed E-state index contributed by atoms with van der Waals surface area (Å²) in [4.78, 5) is 27.1. The highest BCUT2D eigenvalue weighted by Gasteiger charge is 2.38. The van der Waals surface area contributed by atoms with E-state index in [2.05, 4.69) is 0 Å². The quantitative estimate of drug-likeness (QED) is 0.587. The SMILES string of the molecule is CC(=O)c1ccc(S(=O)(=O)N2CCC(C(=O)N3CCCC3c3ccc4c(c3)OCCO4)CC2)cc1. The van der Waals surface area contributed by atoms with Crippen molar-refractivity contribution >= 4 is 21.7 Å². The van der Waals surface area contributed by atoms with E-state index in [1.807, 2.05) is 23.1 Å². The highest BCUT2D eigenvalue weighted by molar-refractivity contribution is 7.89. The molecule has 2 saturated heterocycles. The number of carbonyl (C=O) groups is 2. The Hall–Kier alpha value is -2.91. The normalized spacial score (nSPS) is 21.2. The minimum atomic E-state index is -3.66. The molecule has 5 rings (SSSR count). The molecule has 9 heteroatoms. The van der Waals surface area contributed by atoms with Crippen molar-refractivity contribution in [3.05, 3.63) is 53.6 Å². The van der Waals surface area contributed by atoms with Gasteiger partial charge in [-0.1, -0.05) is 18.2 Å². The third-order valence-corrected chi connectivity index (χ3v) is 9.10. The predicted octanol–water partition coefficient (Wildman–Crippen LogP) is 3.42. The summed E-state index contributed by atoms with van der Waals surface area (Å²) in [5.74, 6) is 1.26. The third-order valence-electron chi connectivity index (χ3n) is 7.19. The molecule has 2 fully saturated rings. The van der Waals surface area contributed by atoms with Gasteiger partial charge in [0.25, 0.3) is 0 Å². The predicted molar refractivity (Wildman–Crippen MR) is 129 cm³/mol. The van der Waals surface area contributed by atoms with Gasteiger partial charge in [-0.2, -0.15) is 4.31 Å². The Balaban J connectivity index is 1.24. The van der Waals surface area contributed by atoms with Crippen LogP contribution in [-0.2, 0) is 14.8 Å². The van der Waals surface area contributed by atoms with E-state index in [1.54, 1.807) is 0 Å². The number of rotatable bonds is 5. The standard InChI is InChI=1S/C26H30N2O6S/c1-18(29)19-4-7-22(8-5-19)35(31,32)27-13-10-20(11-14-27)26(30)28-12-2-3-23(28)21-6-9-24-25(17-21)34-16-15-33-24/h4-9,17,20,23H,2-3,10-16H2,1H3. The number of likely N-dealkylation sites (tertiary alicyclic amines) is 1. The van der Waals surface area contributed by atoms with Crippen LogP contribution in [0.3, 0.4) is 0 Å². The lowest BCUT2D eigenvalue weighted by Gasteiger charge is -2.34. The van der Waals surface area contributed by atoms with Crippen molar-refractivity contribution in [2.24, 2.45) is 5.92 Å². The molecule has 3 heterocycles. The molecule has 0 aliphatic carbocycles. The maximum atomic E-state index is 13.5. The Morgan fingerprint density at radius 3 is 2.26 bits per heavy atom. The lowest BCUT2D eigenvalue weighted by molar-refractivity contribution is -0.137. The Bertz CT molecular complexity index is 1220. The molecule has 0 aromatic heterocycles. The summed E-state index contributed by atoms with van der Waals surface area (Å²) in [6.07, 6.45) is 2.82. The van der Waals surface area contributed by atoms with Gasteiger partial charge in [0.05, 0.1) is 10.9 Å². The second-order valence-electron chi connectivity index (χ2n) is 9.35. The van der Waals surface area contributed by atoms with Crippen LogP contribution >= 0.6 is 0 Å². The molecule has 8 nitrogen and oxygen atoms in total. The number of nitrogens with zero attached hydrogens (tertiary/aromatic N) is 2. The zero-order chi connectivity index (χ0) is 24.6. The van der Waals surface area contributed by atoms with E-state index in [0.29, 0.717) is 51.3 Å². The second kappa shape index (κ2) is 9.62. The van der Waals surface area contributed by atoms with E-state index < -0.39 is 10.0 Å². The molecule has 0 radical (unpaired) electrons. The number of carbonyl (C=O) groups excluding carboxylic acids is 2. The van der Waals surface area contributed by atoms with Crippen LogP contribution in [0.5, 0.6) is 11.5 Å². The lowest BCUT2D eigenvalue weighted by atomic mass is 9.95. The number of Topliss-reactive ketones (excluding diaryl/α,β-unsaturated/α-hetero) is 1. The molecule has 3 aliphatic heterocycles. The highest BCUT2D eigenvalue weighted by atomic mass is 32.2. The van der Waals surface area contributed by atoms with Crippen molar-refractivity contribution in [3.8, 4) is 11.5 Å². The van der Waals surface area contributed by atoms with Crippen molar-refractivity contribution in [1.82, 2.24) is 9.21 Å². The average molecular weight is 499 g/mol. The molecule has 186 valence electrons. The van der Waals surface area contributed by atoms with Crippen molar-refractivity contribution in [2.75, 3.05) is 32.8 Å². The first-order valence-electron chi connectivity index (χ1n) is 12.2.